The van der Waals surface area contributed by atoms with E-state index in [1.54, 1.807) is 0 Å². The molecule has 2 aromatic rings. The molecule has 4 rings (SSSR count). The van der Waals surface area contributed by atoms with Gasteiger partial charge in [-0.2, -0.15) is 0 Å². The SMILES string of the molecule is c1cc2c(s1)CCc1[nH]c(CN3CCNCC3)nc1-2. The van der Waals surface area contributed by atoms with E-state index in [1.165, 1.54) is 21.8 Å². The molecule has 0 radical (unpaired) electrons. The van der Waals surface area contributed by atoms with Gasteiger partial charge in [0.05, 0.1) is 12.2 Å². The molecule has 3 heterocycles. The summed E-state index contributed by atoms with van der Waals surface area (Å²) in [6.07, 6.45) is 2.27. The van der Waals surface area contributed by atoms with Crippen LogP contribution < -0.4 is 5.32 Å². The number of H-pyrrole nitrogens is 1. The van der Waals surface area contributed by atoms with Gasteiger partial charge in [-0.05, 0) is 24.3 Å². The van der Waals surface area contributed by atoms with Crippen LogP contribution in [0.2, 0.25) is 0 Å². The van der Waals surface area contributed by atoms with Gasteiger partial charge in [0, 0.05) is 42.3 Å². The van der Waals surface area contributed by atoms with E-state index in [4.69, 9.17) is 4.98 Å². The fraction of sp³-hybridized carbons (Fsp3) is 0.500. The van der Waals surface area contributed by atoms with Crippen LogP contribution in [0, 0.1) is 0 Å². The number of imidazole rings is 1. The lowest BCUT2D eigenvalue weighted by molar-refractivity contribution is 0.228. The number of hydrogen-bond acceptors (Lipinski definition) is 4. The van der Waals surface area contributed by atoms with Crippen LogP contribution in [0.4, 0.5) is 0 Å². The fourth-order valence-corrected chi connectivity index (χ4v) is 3.89. The van der Waals surface area contributed by atoms with Crippen LogP contribution in [-0.4, -0.2) is 41.0 Å². The maximum absolute atomic E-state index is 4.85. The van der Waals surface area contributed by atoms with Gasteiger partial charge in [-0.1, -0.05) is 0 Å². The van der Waals surface area contributed by atoms with Crippen LogP contribution >= 0.6 is 11.3 Å². The van der Waals surface area contributed by atoms with Crippen molar-refractivity contribution >= 4 is 11.3 Å². The van der Waals surface area contributed by atoms with Gasteiger partial charge in [-0.15, -0.1) is 11.3 Å². The lowest BCUT2D eigenvalue weighted by Gasteiger charge is -2.26. The lowest BCUT2D eigenvalue weighted by atomic mass is 10.0. The Bertz CT molecular complexity index is 580. The van der Waals surface area contributed by atoms with Crippen molar-refractivity contribution in [2.75, 3.05) is 26.2 Å². The molecule has 4 nitrogen and oxygen atoms in total. The van der Waals surface area contributed by atoms with Gasteiger partial charge in [0.15, 0.2) is 0 Å². The molecule has 1 saturated heterocycles. The molecule has 0 amide bonds. The van der Waals surface area contributed by atoms with Crippen molar-refractivity contribution in [3.63, 3.8) is 0 Å². The quantitative estimate of drug-likeness (QED) is 0.875. The number of hydrogen-bond donors (Lipinski definition) is 2. The largest absolute Gasteiger partial charge is 0.344 e. The molecular weight excluding hydrogens is 256 g/mol. The van der Waals surface area contributed by atoms with Gasteiger partial charge < -0.3 is 10.3 Å². The zero-order chi connectivity index (χ0) is 12.7. The third-order valence-corrected chi connectivity index (χ3v) is 4.99. The summed E-state index contributed by atoms with van der Waals surface area (Å²) in [7, 11) is 0. The third kappa shape index (κ3) is 2.12. The van der Waals surface area contributed by atoms with Crippen molar-refractivity contribution in [1.29, 1.82) is 0 Å². The van der Waals surface area contributed by atoms with E-state index in [2.05, 4.69) is 26.6 Å². The first-order chi connectivity index (χ1) is 9.40. The van der Waals surface area contributed by atoms with Crippen molar-refractivity contribution in [1.82, 2.24) is 20.2 Å². The number of fused-ring (bicyclic) bond motifs is 3. The average Bonchev–Trinajstić information content (AvgIpc) is 3.04. The molecule has 2 aromatic heterocycles. The fourth-order valence-electron chi connectivity index (χ4n) is 3.01. The molecule has 19 heavy (non-hydrogen) atoms. The Morgan fingerprint density at radius 2 is 2.16 bits per heavy atom. The second-order valence-electron chi connectivity index (χ2n) is 5.29. The molecule has 0 bridgehead atoms. The molecule has 0 spiro atoms. The highest BCUT2D eigenvalue weighted by molar-refractivity contribution is 7.10. The Balaban J connectivity index is 1.59. The highest BCUT2D eigenvalue weighted by Gasteiger charge is 2.22. The molecule has 0 unspecified atom stereocenters. The molecule has 1 aliphatic heterocycles. The minimum Gasteiger partial charge on any atom is -0.344 e. The maximum Gasteiger partial charge on any atom is 0.121 e. The van der Waals surface area contributed by atoms with Crippen LogP contribution in [-0.2, 0) is 19.4 Å². The number of aryl methyl sites for hydroxylation is 2. The minimum absolute atomic E-state index is 0.953. The molecule has 2 N–H and O–H groups in total. The van der Waals surface area contributed by atoms with Gasteiger partial charge >= 0.3 is 0 Å². The first kappa shape index (κ1) is 11.6. The topological polar surface area (TPSA) is 44.0 Å². The molecule has 2 aliphatic rings. The Labute approximate surface area is 116 Å². The van der Waals surface area contributed by atoms with Crippen LogP contribution in [0.3, 0.4) is 0 Å². The normalized spacial score (nSPS) is 19.2. The van der Waals surface area contributed by atoms with E-state index < -0.39 is 0 Å². The van der Waals surface area contributed by atoms with E-state index in [0.29, 0.717) is 0 Å². The summed E-state index contributed by atoms with van der Waals surface area (Å²) in [4.78, 5) is 12.4. The second-order valence-corrected chi connectivity index (χ2v) is 6.29. The first-order valence-electron chi connectivity index (χ1n) is 6.98. The summed E-state index contributed by atoms with van der Waals surface area (Å²) in [6, 6.07) is 2.22. The lowest BCUT2D eigenvalue weighted by Crippen LogP contribution is -2.43. The minimum atomic E-state index is 0.953. The number of aromatic amines is 1. The highest BCUT2D eigenvalue weighted by Crippen LogP contribution is 2.35. The van der Waals surface area contributed by atoms with Crippen LogP contribution in [0.1, 0.15) is 16.4 Å². The monoisotopic (exact) mass is 274 g/mol. The Kier molecular flexibility index (Phi) is 2.90. The summed E-state index contributed by atoms with van der Waals surface area (Å²) in [5, 5.41) is 5.57. The number of nitrogens with one attached hydrogen (secondary N) is 2. The Morgan fingerprint density at radius 1 is 1.26 bits per heavy atom. The van der Waals surface area contributed by atoms with E-state index >= 15 is 0 Å². The molecule has 5 heteroatoms. The predicted molar refractivity (Wildman–Crippen MR) is 77.5 cm³/mol. The van der Waals surface area contributed by atoms with Gasteiger partial charge in [0.1, 0.15) is 5.82 Å². The number of rotatable bonds is 2. The van der Waals surface area contributed by atoms with Crippen LogP contribution in [0.15, 0.2) is 11.4 Å². The number of thiophene rings is 1. The summed E-state index contributed by atoms with van der Waals surface area (Å²) < 4.78 is 0. The molecule has 1 fully saturated rings. The number of nitrogens with zero attached hydrogens (tertiary/aromatic N) is 2. The van der Waals surface area contributed by atoms with E-state index in [-0.39, 0.29) is 0 Å². The molecule has 0 saturated carbocycles. The zero-order valence-electron chi connectivity index (χ0n) is 10.9. The van der Waals surface area contributed by atoms with Crippen molar-refractivity contribution in [3.05, 3.63) is 27.8 Å². The number of piperazine rings is 1. The number of aromatic nitrogens is 2. The molecule has 1 aliphatic carbocycles. The van der Waals surface area contributed by atoms with Gasteiger partial charge in [0.25, 0.3) is 0 Å². The van der Waals surface area contributed by atoms with E-state index in [0.717, 1.165) is 51.4 Å². The molecule has 0 atom stereocenters. The standard InChI is InChI=1S/C14H18N4S/c1-2-12-10(3-8-19-12)14-11(1)16-13(17-14)9-18-6-4-15-5-7-18/h3,8,15H,1-2,4-7,9H2,(H,16,17). The summed E-state index contributed by atoms with van der Waals surface area (Å²) in [5.41, 5.74) is 3.89. The van der Waals surface area contributed by atoms with Crippen molar-refractivity contribution in [2.24, 2.45) is 0 Å². The second kappa shape index (κ2) is 4.74. The van der Waals surface area contributed by atoms with Crippen molar-refractivity contribution in [3.8, 4) is 11.3 Å². The summed E-state index contributed by atoms with van der Waals surface area (Å²) >= 11 is 1.86. The van der Waals surface area contributed by atoms with Gasteiger partial charge in [-0.25, -0.2) is 4.98 Å². The van der Waals surface area contributed by atoms with Crippen LogP contribution in [0.5, 0.6) is 0 Å². The van der Waals surface area contributed by atoms with E-state index in [9.17, 15) is 0 Å². The van der Waals surface area contributed by atoms with Gasteiger partial charge in [-0.3, -0.25) is 4.90 Å². The van der Waals surface area contributed by atoms with Crippen molar-refractivity contribution < 1.29 is 0 Å². The predicted octanol–water partition coefficient (Wildman–Crippen LogP) is 1.64. The maximum atomic E-state index is 4.85. The van der Waals surface area contributed by atoms with Crippen molar-refractivity contribution in [2.45, 2.75) is 19.4 Å². The molecule has 0 aromatic carbocycles. The van der Waals surface area contributed by atoms with Gasteiger partial charge in [0.2, 0.25) is 0 Å². The third-order valence-electron chi connectivity index (χ3n) is 4.01. The molecular formula is C14H18N4S. The Hall–Kier alpha value is -1.17. The summed E-state index contributed by atoms with van der Waals surface area (Å²) in [5.74, 6) is 1.13. The van der Waals surface area contributed by atoms with E-state index in [1.807, 2.05) is 11.3 Å². The average molecular weight is 274 g/mol. The smallest absolute Gasteiger partial charge is 0.121 e. The summed E-state index contributed by atoms with van der Waals surface area (Å²) in [6.45, 7) is 5.38. The van der Waals surface area contributed by atoms with Crippen LogP contribution in [0.25, 0.3) is 11.3 Å². The Morgan fingerprint density at radius 3 is 3.05 bits per heavy atom. The highest BCUT2D eigenvalue weighted by atomic mass is 32.1. The zero-order valence-corrected chi connectivity index (χ0v) is 11.7. The molecule has 100 valence electrons. The first-order valence-corrected chi connectivity index (χ1v) is 7.86.